The number of nitrogen functional groups attached to an aromatic ring is 1. The highest BCUT2D eigenvalue weighted by molar-refractivity contribution is 5.42. The van der Waals surface area contributed by atoms with E-state index in [2.05, 4.69) is 0 Å². The second-order valence-corrected chi connectivity index (χ2v) is 2.69. The van der Waals surface area contributed by atoms with Gasteiger partial charge in [-0.05, 0) is 12.1 Å². The van der Waals surface area contributed by atoms with E-state index >= 15 is 0 Å². The second-order valence-electron chi connectivity index (χ2n) is 2.69. The van der Waals surface area contributed by atoms with Gasteiger partial charge in [-0.3, -0.25) is 0 Å². The minimum atomic E-state index is -1.06. The van der Waals surface area contributed by atoms with Crippen molar-refractivity contribution in [2.75, 3.05) is 12.3 Å². The van der Waals surface area contributed by atoms with Crippen molar-refractivity contribution >= 4 is 5.69 Å². The average molecular weight is 188 g/mol. The maximum absolute atomic E-state index is 13.0. The summed E-state index contributed by atoms with van der Waals surface area (Å²) in [6.45, 7) is -0.516. The molecular weight excluding hydrogens is 178 g/mol. The number of aliphatic hydroxyl groups excluding tert-OH is 1. The van der Waals surface area contributed by atoms with E-state index in [-0.39, 0.29) is 11.3 Å². The van der Waals surface area contributed by atoms with Crippen LogP contribution < -0.4 is 11.5 Å². The van der Waals surface area contributed by atoms with Gasteiger partial charge in [0.25, 0.3) is 0 Å². The lowest BCUT2D eigenvalue weighted by molar-refractivity contribution is 0.262. The Morgan fingerprint density at radius 1 is 1.31 bits per heavy atom. The third-order valence-electron chi connectivity index (χ3n) is 1.67. The third kappa shape index (κ3) is 1.93. The molecule has 0 spiro atoms. The van der Waals surface area contributed by atoms with E-state index in [0.717, 1.165) is 12.1 Å². The summed E-state index contributed by atoms with van der Waals surface area (Å²) in [5.41, 5.74) is 10.1. The molecule has 0 saturated heterocycles. The Kier molecular flexibility index (Phi) is 2.79. The van der Waals surface area contributed by atoms with Gasteiger partial charge < -0.3 is 16.6 Å². The largest absolute Gasteiger partial charge is 0.399 e. The van der Waals surface area contributed by atoms with Crippen LogP contribution in [0.25, 0.3) is 0 Å². The van der Waals surface area contributed by atoms with Crippen LogP contribution in [-0.4, -0.2) is 11.7 Å². The SMILES string of the molecule is Nc1cc(F)c(C(N)CO)c(F)c1. The predicted octanol–water partition coefficient (Wildman–Crippen LogP) is 0.539. The van der Waals surface area contributed by atoms with Gasteiger partial charge >= 0.3 is 0 Å². The molecule has 0 amide bonds. The summed E-state index contributed by atoms with van der Waals surface area (Å²) < 4.78 is 26.1. The molecule has 3 nitrogen and oxygen atoms in total. The zero-order valence-electron chi connectivity index (χ0n) is 6.80. The number of rotatable bonds is 2. The van der Waals surface area contributed by atoms with Crippen LogP contribution in [0.5, 0.6) is 0 Å². The number of benzene rings is 1. The fraction of sp³-hybridized carbons (Fsp3) is 0.250. The fourth-order valence-corrected chi connectivity index (χ4v) is 1.05. The molecule has 1 unspecified atom stereocenters. The summed E-state index contributed by atoms with van der Waals surface area (Å²) in [7, 11) is 0. The minimum Gasteiger partial charge on any atom is -0.399 e. The Morgan fingerprint density at radius 3 is 2.15 bits per heavy atom. The average Bonchev–Trinajstić information content (AvgIpc) is 2.02. The Hall–Kier alpha value is -1.20. The monoisotopic (exact) mass is 188 g/mol. The molecule has 5 heteroatoms. The van der Waals surface area contributed by atoms with Gasteiger partial charge in [-0.25, -0.2) is 8.78 Å². The Morgan fingerprint density at radius 2 is 1.77 bits per heavy atom. The fourth-order valence-electron chi connectivity index (χ4n) is 1.05. The number of halogens is 2. The number of hydrogen-bond donors (Lipinski definition) is 3. The van der Waals surface area contributed by atoms with Crippen molar-refractivity contribution in [3.8, 4) is 0 Å². The van der Waals surface area contributed by atoms with E-state index in [0.29, 0.717) is 0 Å². The third-order valence-corrected chi connectivity index (χ3v) is 1.67. The second kappa shape index (κ2) is 3.68. The van der Waals surface area contributed by atoms with Crippen LogP contribution in [0.3, 0.4) is 0 Å². The Bertz CT molecular complexity index is 294. The molecule has 0 aliphatic rings. The molecule has 0 fully saturated rings. The van der Waals surface area contributed by atoms with Crippen molar-refractivity contribution in [3.63, 3.8) is 0 Å². The topological polar surface area (TPSA) is 72.3 Å². The molecule has 13 heavy (non-hydrogen) atoms. The maximum atomic E-state index is 13.0. The summed E-state index contributed by atoms with van der Waals surface area (Å²) in [5.74, 6) is -1.67. The first kappa shape index (κ1) is 9.88. The molecule has 0 heterocycles. The summed E-state index contributed by atoms with van der Waals surface area (Å²) in [4.78, 5) is 0. The molecule has 1 aromatic carbocycles. The van der Waals surface area contributed by atoms with Gasteiger partial charge in [0.2, 0.25) is 0 Å². The van der Waals surface area contributed by atoms with Gasteiger partial charge in [0.05, 0.1) is 12.6 Å². The van der Waals surface area contributed by atoms with Gasteiger partial charge in [0.1, 0.15) is 11.6 Å². The van der Waals surface area contributed by atoms with E-state index in [1.807, 2.05) is 0 Å². The van der Waals surface area contributed by atoms with Crippen LogP contribution in [0.2, 0.25) is 0 Å². The van der Waals surface area contributed by atoms with E-state index in [1.165, 1.54) is 0 Å². The van der Waals surface area contributed by atoms with Crippen molar-refractivity contribution in [2.45, 2.75) is 6.04 Å². The molecule has 1 rings (SSSR count). The highest BCUT2D eigenvalue weighted by Gasteiger charge is 2.16. The molecule has 0 radical (unpaired) electrons. The molecule has 1 aromatic rings. The zero-order chi connectivity index (χ0) is 10.0. The molecule has 0 aliphatic heterocycles. The van der Waals surface area contributed by atoms with Gasteiger partial charge in [-0.2, -0.15) is 0 Å². The van der Waals surface area contributed by atoms with Gasteiger partial charge in [-0.1, -0.05) is 0 Å². The van der Waals surface area contributed by atoms with Gasteiger partial charge in [0, 0.05) is 11.3 Å². The first-order valence-corrected chi connectivity index (χ1v) is 3.67. The lowest BCUT2D eigenvalue weighted by Crippen LogP contribution is -2.18. The predicted molar refractivity (Wildman–Crippen MR) is 44.8 cm³/mol. The summed E-state index contributed by atoms with van der Waals surface area (Å²) >= 11 is 0. The van der Waals surface area contributed by atoms with Crippen molar-refractivity contribution in [1.29, 1.82) is 0 Å². The van der Waals surface area contributed by atoms with E-state index in [9.17, 15) is 8.78 Å². The van der Waals surface area contributed by atoms with Crippen LogP contribution in [0.4, 0.5) is 14.5 Å². The standard InChI is InChI=1S/C8H10F2N2O/c9-5-1-4(11)2-6(10)8(5)7(12)3-13/h1-2,7,13H,3,11-12H2. The van der Waals surface area contributed by atoms with Gasteiger partial charge in [-0.15, -0.1) is 0 Å². The zero-order valence-corrected chi connectivity index (χ0v) is 6.80. The lowest BCUT2D eigenvalue weighted by atomic mass is 10.1. The Labute approximate surface area is 74.0 Å². The lowest BCUT2D eigenvalue weighted by Gasteiger charge is -2.11. The van der Waals surface area contributed by atoms with Crippen LogP contribution >= 0.6 is 0 Å². The summed E-state index contributed by atoms with van der Waals surface area (Å²) in [5, 5.41) is 8.62. The normalized spacial score (nSPS) is 12.9. The summed E-state index contributed by atoms with van der Waals surface area (Å²) in [6.07, 6.45) is 0. The number of nitrogens with two attached hydrogens (primary N) is 2. The minimum absolute atomic E-state index is 0.0103. The molecule has 1 atom stereocenters. The summed E-state index contributed by atoms with van der Waals surface area (Å²) in [6, 6.07) is 0.877. The molecule has 5 N–H and O–H groups in total. The quantitative estimate of drug-likeness (QED) is 0.593. The molecule has 0 saturated carbocycles. The highest BCUT2D eigenvalue weighted by Crippen LogP contribution is 2.21. The first-order chi connectivity index (χ1) is 6.06. The molecule has 0 aromatic heterocycles. The smallest absolute Gasteiger partial charge is 0.133 e. The number of hydrogen-bond acceptors (Lipinski definition) is 3. The molecule has 0 aliphatic carbocycles. The van der Waals surface area contributed by atoms with Gasteiger partial charge in [0.15, 0.2) is 0 Å². The van der Waals surface area contributed by atoms with E-state index in [4.69, 9.17) is 16.6 Å². The van der Waals surface area contributed by atoms with Crippen molar-refractivity contribution in [1.82, 2.24) is 0 Å². The van der Waals surface area contributed by atoms with Crippen LogP contribution in [0.1, 0.15) is 11.6 Å². The number of anilines is 1. The van der Waals surface area contributed by atoms with Crippen LogP contribution in [0, 0.1) is 11.6 Å². The molecule has 0 bridgehead atoms. The highest BCUT2D eigenvalue weighted by atomic mass is 19.1. The van der Waals surface area contributed by atoms with Crippen LogP contribution in [0.15, 0.2) is 12.1 Å². The van der Waals surface area contributed by atoms with E-state index < -0.39 is 24.3 Å². The van der Waals surface area contributed by atoms with E-state index in [1.54, 1.807) is 0 Å². The Balaban J connectivity index is 3.20. The van der Waals surface area contributed by atoms with Crippen molar-refractivity contribution in [2.24, 2.45) is 5.73 Å². The first-order valence-electron chi connectivity index (χ1n) is 3.67. The van der Waals surface area contributed by atoms with Crippen LogP contribution in [-0.2, 0) is 0 Å². The number of aliphatic hydroxyl groups is 1. The van der Waals surface area contributed by atoms with Crippen molar-refractivity contribution in [3.05, 3.63) is 29.3 Å². The molecular formula is C8H10F2N2O. The maximum Gasteiger partial charge on any atom is 0.133 e. The molecule has 72 valence electrons. The van der Waals surface area contributed by atoms with Crippen molar-refractivity contribution < 1.29 is 13.9 Å².